The van der Waals surface area contributed by atoms with Crippen LogP contribution in [0.25, 0.3) is 22.5 Å². The average molecular weight is 437 g/mol. The van der Waals surface area contributed by atoms with Gasteiger partial charge in [-0.3, -0.25) is 4.57 Å². The molecular formula is C24H21ClN2O2S. The summed E-state index contributed by atoms with van der Waals surface area (Å²) in [6, 6.07) is 16.8. The zero-order chi connectivity index (χ0) is 21.1. The molecule has 0 saturated heterocycles. The number of rotatable bonds is 5. The van der Waals surface area contributed by atoms with E-state index >= 15 is 0 Å². The van der Waals surface area contributed by atoms with E-state index in [9.17, 15) is 8.42 Å². The van der Waals surface area contributed by atoms with E-state index in [1.165, 1.54) is 6.26 Å². The standard InChI is InChI=1S/C24H21ClN2O2S/c1-30(28,29)22-14-12-21(13-15-22)27-17-23(19-7-3-2-4-8-19)26-24(27)20-9-5-6-18(16-25)10-11-20/h2-4,6-15,17H,5,16H2,1H3. The fraction of sp³-hybridized carbons (Fsp3) is 0.125. The molecule has 1 heterocycles. The van der Waals surface area contributed by atoms with Gasteiger partial charge in [0.15, 0.2) is 9.84 Å². The molecule has 0 fully saturated rings. The minimum absolute atomic E-state index is 0.292. The lowest BCUT2D eigenvalue weighted by atomic mass is 10.2. The molecule has 4 rings (SSSR count). The van der Waals surface area contributed by atoms with E-state index < -0.39 is 9.84 Å². The number of halogens is 1. The first-order valence-electron chi connectivity index (χ1n) is 9.54. The number of allylic oxidation sites excluding steroid dienone is 6. The van der Waals surface area contributed by atoms with Crippen LogP contribution in [-0.4, -0.2) is 30.1 Å². The highest BCUT2D eigenvalue weighted by molar-refractivity contribution is 7.90. The van der Waals surface area contributed by atoms with Gasteiger partial charge < -0.3 is 0 Å². The first-order chi connectivity index (χ1) is 14.5. The van der Waals surface area contributed by atoms with Gasteiger partial charge in [0.25, 0.3) is 0 Å². The van der Waals surface area contributed by atoms with Crippen molar-refractivity contribution in [2.24, 2.45) is 0 Å². The first-order valence-corrected chi connectivity index (χ1v) is 12.0. The lowest BCUT2D eigenvalue weighted by Gasteiger charge is -2.09. The van der Waals surface area contributed by atoms with Crippen LogP contribution in [-0.2, 0) is 9.84 Å². The Morgan fingerprint density at radius 1 is 1.00 bits per heavy atom. The molecular weight excluding hydrogens is 416 g/mol. The van der Waals surface area contributed by atoms with Crippen LogP contribution in [0.15, 0.2) is 95.6 Å². The predicted octanol–water partition coefficient (Wildman–Crippen LogP) is 5.45. The van der Waals surface area contributed by atoms with Crippen LogP contribution in [0.3, 0.4) is 0 Å². The van der Waals surface area contributed by atoms with Gasteiger partial charge in [0.2, 0.25) is 0 Å². The van der Waals surface area contributed by atoms with Crippen LogP contribution in [0.4, 0.5) is 0 Å². The number of imidazole rings is 1. The van der Waals surface area contributed by atoms with E-state index in [-0.39, 0.29) is 0 Å². The molecule has 0 spiro atoms. The quantitative estimate of drug-likeness (QED) is 0.499. The third kappa shape index (κ3) is 4.32. The highest BCUT2D eigenvalue weighted by Gasteiger charge is 2.15. The summed E-state index contributed by atoms with van der Waals surface area (Å²) in [5, 5.41) is 0. The Hall–Kier alpha value is -2.89. The van der Waals surface area contributed by atoms with Crippen LogP contribution >= 0.6 is 11.6 Å². The molecule has 1 aliphatic carbocycles. The summed E-state index contributed by atoms with van der Waals surface area (Å²) in [7, 11) is -3.25. The Morgan fingerprint density at radius 2 is 1.73 bits per heavy atom. The summed E-state index contributed by atoms with van der Waals surface area (Å²) in [5.74, 6) is 1.26. The van der Waals surface area contributed by atoms with E-state index in [0.29, 0.717) is 10.8 Å². The van der Waals surface area contributed by atoms with Crippen LogP contribution in [0, 0.1) is 0 Å². The second-order valence-corrected chi connectivity index (χ2v) is 9.38. The van der Waals surface area contributed by atoms with Crippen molar-refractivity contribution >= 4 is 27.0 Å². The number of sulfone groups is 1. The van der Waals surface area contributed by atoms with Crippen molar-refractivity contribution in [3.05, 3.63) is 96.5 Å². The number of benzene rings is 2. The van der Waals surface area contributed by atoms with Crippen molar-refractivity contribution < 1.29 is 8.42 Å². The Kier molecular flexibility index (Phi) is 5.75. The van der Waals surface area contributed by atoms with Crippen LogP contribution in [0.1, 0.15) is 12.2 Å². The lowest BCUT2D eigenvalue weighted by Crippen LogP contribution is -2.01. The minimum atomic E-state index is -3.25. The summed E-state index contributed by atoms with van der Waals surface area (Å²) in [6.07, 6.45) is 12.2. The second kappa shape index (κ2) is 8.46. The Balaban J connectivity index is 1.83. The Morgan fingerprint density at radius 3 is 2.40 bits per heavy atom. The first kappa shape index (κ1) is 20.4. The largest absolute Gasteiger partial charge is 0.299 e. The zero-order valence-electron chi connectivity index (χ0n) is 16.5. The monoisotopic (exact) mass is 436 g/mol. The third-order valence-electron chi connectivity index (χ3n) is 4.93. The molecule has 30 heavy (non-hydrogen) atoms. The minimum Gasteiger partial charge on any atom is -0.299 e. The van der Waals surface area contributed by atoms with Crippen molar-refractivity contribution in [3.63, 3.8) is 0 Å². The molecule has 3 aromatic rings. The average Bonchev–Trinajstić information content (AvgIpc) is 3.06. The third-order valence-corrected chi connectivity index (χ3v) is 6.36. The SMILES string of the molecule is CS(=O)(=O)c1ccc(-n2cc(-c3ccccc3)nc2C2=CCC=C(CCl)C=C2)cc1. The predicted molar refractivity (Wildman–Crippen MR) is 123 cm³/mol. The van der Waals surface area contributed by atoms with Crippen LogP contribution in [0.5, 0.6) is 0 Å². The Bertz CT molecular complexity index is 1250. The van der Waals surface area contributed by atoms with Crippen molar-refractivity contribution in [1.82, 2.24) is 9.55 Å². The maximum atomic E-state index is 11.8. The summed E-state index contributed by atoms with van der Waals surface area (Å²) < 4.78 is 25.7. The molecule has 0 unspecified atom stereocenters. The highest BCUT2D eigenvalue weighted by Crippen LogP contribution is 2.28. The smallest absolute Gasteiger partial charge is 0.175 e. The molecule has 6 heteroatoms. The Labute approximate surface area is 181 Å². The van der Waals surface area contributed by atoms with Gasteiger partial charge >= 0.3 is 0 Å². The summed E-state index contributed by atoms with van der Waals surface area (Å²) in [6.45, 7) is 0. The van der Waals surface area contributed by atoms with Gasteiger partial charge in [0.05, 0.1) is 10.6 Å². The van der Waals surface area contributed by atoms with Gasteiger partial charge in [-0.25, -0.2) is 13.4 Å². The van der Waals surface area contributed by atoms with Crippen molar-refractivity contribution in [3.8, 4) is 16.9 Å². The molecule has 1 aromatic heterocycles. The lowest BCUT2D eigenvalue weighted by molar-refractivity contribution is 0.602. The molecule has 2 aromatic carbocycles. The van der Waals surface area contributed by atoms with Gasteiger partial charge in [-0.2, -0.15) is 0 Å². The fourth-order valence-electron chi connectivity index (χ4n) is 3.32. The molecule has 152 valence electrons. The zero-order valence-corrected chi connectivity index (χ0v) is 18.1. The molecule has 0 bridgehead atoms. The van der Waals surface area contributed by atoms with Crippen molar-refractivity contribution in [2.45, 2.75) is 11.3 Å². The van der Waals surface area contributed by atoms with Crippen LogP contribution in [0.2, 0.25) is 0 Å². The summed E-state index contributed by atoms with van der Waals surface area (Å²) >= 11 is 6.00. The molecule has 4 nitrogen and oxygen atoms in total. The maximum Gasteiger partial charge on any atom is 0.175 e. The van der Waals surface area contributed by atoms with E-state index in [1.54, 1.807) is 24.3 Å². The van der Waals surface area contributed by atoms with Crippen molar-refractivity contribution in [1.29, 1.82) is 0 Å². The molecule has 0 atom stereocenters. The number of nitrogens with zero attached hydrogens (tertiary/aromatic N) is 2. The van der Waals surface area contributed by atoms with E-state index in [1.807, 2.05) is 53.2 Å². The van der Waals surface area contributed by atoms with E-state index in [4.69, 9.17) is 16.6 Å². The highest BCUT2D eigenvalue weighted by atomic mass is 35.5. The molecule has 0 N–H and O–H groups in total. The van der Waals surface area contributed by atoms with Gasteiger partial charge in [-0.15, -0.1) is 11.6 Å². The maximum absolute atomic E-state index is 11.8. The fourth-order valence-corrected chi connectivity index (χ4v) is 4.15. The molecule has 0 saturated carbocycles. The van der Waals surface area contributed by atoms with Gasteiger partial charge in [0, 0.05) is 35.2 Å². The number of aromatic nitrogens is 2. The van der Waals surface area contributed by atoms with Crippen molar-refractivity contribution in [2.75, 3.05) is 12.1 Å². The summed E-state index contributed by atoms with van der Waals surface area (Å²) in [5.41, 5.74) is 4.77. The van der Waals surface area contributed by atoms with E-state index in [2.05, 4.69) is 12.2 Å². The second-order valence-electron chi connectivity index (χ2n) is 7.09. The van der Waals surface area contributed by atoms with E-state index in [0.717, 1.165) is 40.3 Å². The molecule has 1 aliphatic rings. The molecule has 0 aliphatic heterocycles. The number of hydrogen-bond donors (Lipinski definition) is 0. The number of hydrogen-bond acceptors (Lipinski definition) is 3. The van der Waals surface area contributed by atoms with Gasteiger partial charge in [-0.1, -0.05) is 54.6 Å². The van der Waals surface area contributed by atoms with Gasteiger partial charge in [-0.05, 0) is 36.3 Å². The summed E-state index contributed by atoms with van der Waals surface area (Å²) in [4.78, 5) is 5.21. The van der Waals surface area contributed by atoms with Gasteiger partial charge in [0.1, 0.15) is 5.82 Å². The molecule has 0 radical (unpaired) electrons. The van der Waals surface area contributed by atoms with Crippen LogP contribution < -0.4 is 0 Å². The molecule has 0 amide bonds. The topological polar surface area (TPSA) is 52.0 Å². The normalized spacial score (nSPS) is 14.2. The number of alkyl halides is 1.